The summed E-state index contributed by atoms with van der Waals surface area (Å²) >= 11 is 0. The quantitative estimate of drug-likeness (QED) is 0.875. The molecule has 1 aromatic heterocycles. The van der Waals surface area contributed by atoms with Gasteiger partial charge < -0.3 is 14.9 Å². The molecule has 20 heavy (non-hydrogen) atoms. The van der Waals surface area contributed by atoms with E-state index >= 15 is 0 Å². The van der Waals surface area contributed by atoms with Crippen LogP contribution in [-0.4, -0.2) is 28.3 Å². The first-order valence-electron chi connectivity index (χ1n) is 6.62. The number of rotatable bonds is 2. The minimum Gasteiger partial charge on any atom is -0.380 e. The largest absolute Gasteiger partial charge is 0.380 e. The van der Waals surface area contributed by atoms with Gasteiger partial charge in [0.15, 0.2) is 0 Å². The third-order valence-electron chi connectivity index (χ3n) is 3.68. The Hall–Kier alpha value is -1.79. The summed E-state index contributed by atoms with van der Waals surface area (Å²) < 4.78 is 18.3. The van der Waals surface area contributed by atoms with E-state index in [2.05, 4.69) is 15.5 Å². The SMILES string of the molecule is Cc1cc(F)ccc1-c1noc(C2(O)CCNCC2)n1. The van der Waals surface area contributed by atoms with Gasteiger partial charge in [0.05, 0.1) is 0 Å². The van der Waals surface area contributed by atoms with E-state index in [9.17, 15) is 9.50 Å². The van der Waals surface area contributed by atoms with Gasteiger partial charge in [0.1, 0.15) is 11.4 Å². The number of aryl methyl sites for hydroxylation is 1. The molecule has 2 heterocycles. The molecule has 1 fully saturated rings. The Balaban J connectivity index is 1.93. The average Bonchev–Trinajstić information content (AvgIpc) is 2.90. The molecule has 0 saturated carbocycles. The number of nitrogens with one attached hydrogen (secondary N) is 1. The van der Waals surface area contributed by atoms with E-state index in [4.69, 9.17) is 4.52 Å². The fraction of sp³-hybridized carbons (Fsp3) is 0.429. The first-order valence-corrected chi connectivity index (χ1v) is 6.62. The predicted octanol–water partition coefficient (Wildman–Crippen LogP) is 1.76. The van der Waals surface area contributed by atoms with Crippen molar-refractivity contribution in [2.45, 2.75) is 25.4 Å². The van der Waals surface area contributed by atoms with Crippen molar-refractivity contribution in [3.05, 3.63) is 35.5 Å². The number of nitrogens with zero attached hydrogens (tertiary/aromatic N) is 2. The summed E-state index contributed by atoms with van der Waals surface area (Å²) in [6.45, 7) is 3.21. The van der Waals surface area contributed by atoms with Gasteiger partial charge >= 0.3 is 0 Å². The third kappa shape index (κ3) is 2.32. The Bertz CT molecular complexity index is 621. The van der Waals surface area contributed by atoms with Crippen molar-refractivity contribution < 1.29 is 14.0 Å². The molecule has 1 aliphatic heterocycles. The number of halogens is 1. The van der Waals surface area contributed by atoms with Crippen LogP contribution >= 0.6 is 0 Å². The summed E-state index contributed by atoms with van der Waals surface area (Å²) in [5.41, 5.74) is 0.373. The maximum atomic E-state index is 13.1. The van der Waals surface area contributed by atoms with Crippen molar-refractivity contribution in [3.8, 4) is 11.4 Å². The zero-order valence-electron chi connectivity index (χ0n) is 11.2. The van der Waals surface area contributed by atoms with Gasteiger partial charge in [-0.3, -0.25) is 0 Å². The van der Waals surface area contributed by atoms with Gasteiger partial charge in [-0.25, -0.2) is 4.39 Å². The molecule has 3 rings (SSSR count). The molecular formula is C14H16FN3O2. The van der Waals surface area contributed by atoms with E-state index in [1.165, 1.54) is 12.1 Å². The van der Waals surface area contributed by atoms with Crippen LogP contribution in [0.5, 0.6) is 0 Å². The molecule has 106 valence electrons. The highest BCUT2D eigenvalue weighted by molar-refractivity contribution is 5.59. The molecule has 0 bridgehead atoms. The molecule has 0 amide bonds. The number of aromatic nitrogens is 2. The van der Waals surface area contributed by atoms with E-state index in [0.717, 1.165) is 5.56 Å². The number of aliphatic hydroxyl groups is 1. The van der Waals surface area contributed by atoms with Crippen molar-refractivity contribution in [3.63, 3.8) is 0 Å². The van der Waals surface area contributed by atoms with E-state index < -0.39 is 5.60 Å². The summed E-state index contributed by atoms with van der Waals surface area (Å²) in [5, 5.41) is 17.6. The summed E-state index contributed by atoms with van der Waals surface area (Å²) in [6, 6.07) is 4.40. The van der Waals surface area contributed by atoms with Crippen molar-refractivity contribution in [1.82, 2.24) is 15.5 Å². The zero-order valence-corrected chi connectivity index (χ0v) is 11.2. The highest BCUT2D eigenvalue weighted by Gasteiger charge is 2.37. The van der Waals surface area contributed by atoms with E-state index in [1.807, 2.05) is 0 Å². The normalized spacial score (nSPS) is 18.1. The van der Waals surface area contributed by atoms with E-state index in [1.54, 1.807) is 13.0 Å². The number of hydrogen-bond donors (Lipinski definition) is 2. The highest BCUT2D eigenvalue weighted by Crippen LogP contribution is 2.31. The Labute approximate surface area is 115 Å². The zero-order chi connectivity index (χ0) is 14.2. The Morgan fingerprint density at radius 1 is 1.35 bits per heavy atom. The van der Waals surface area contributed by atoms with Crippen LogP contribution in [0.15, 0.2) is 22.7 Å². The van der Waals surface area contributed by atoms with Crippen molar-refractivity contribution in [2.75, 3.05) is 13.1 Å². The predicted molar refractivity (Wildman–Crippen MR) is 70.4 cm³/mol. The van der Waals surface area contributed by atoms with Crippen LogP contribution in [0.25, 0.3) is 11.4 Å². The molecule has 0 atom stereocenters. The lowest BCUT2D eigenvalue weighted by Crippen LogP contribution is -2.39. The van der Waals surface area contributed by atoms with Crippen LogP contribution in [0.1, 0.15) is 24.3 Å². The van der Waals surface area contributed by atoms with Crippen molar-refractivity contribution >= 4 is 0 Å². The molecule has 0 spiro atoms. The van der Waals surface area contributed by atoms with Crippen LogP contribution < -0.4 is 5.32 Å². The summed E-state index contributed by atoms with van der Waals surface area (Å²) in [6.07, 6.45) is 1.08. The lowest BCUT2D eigenvalue weighted by Gasteiger charge is -2.28. The lowest BCUT2D eigenvalue weighted by molar-refractivity contribution is -0.0228. The van der Waals surface area contributed by atoms with Gasteiger partial charge in [-0.2, -0.15) is 4.98 Å². The van der Waals surface area contributed by atoms with Crippen LogP contribution in [0.2, 0.25) is 0 Å². The first-order chi connectivity index (χ1) is 9.58. The van der Waals surface area contributed by atoms with Gasteiger partial charge in [-0.15, -0.1) is 0 Å². The molecule has 1 aromatic carbocycles. The molecule has 6 heteroatoms. The number of hydrogen-bond acceptors (Lipinski definition) is 5. The highest BCUT2D eigenvalue weighted by atomic mass is 19.1. The van der Waals surface area contributed by atoms with Gasteiger partial charge in [0, 0.05) is 5.56 Å². The van der Waals surface area contributed by atoms with E-state index in [-0.39, 0.29) is 11.7 Å². The van der Waals surface area contributed by atoms with Crippen LogP contribution in [0.4, 0.5) is 4.39 Å². The van der Waals surface area contributed by atoms with Crippen molar-refractivity contribution in [2.24, 2.45) is 0 Å². The minimum absolute atomic E-state index is 0.234. The van der Waals surface area contributed by atoms with Gasteiger partial charge in [0.2, 0.25) is 5.82 Å². The molecular weight excluding hydrogens is 261 g/mol. The smallest absolute Gasteiger partial charge is 0.259 e. The molecule has 1 aliphatic rings. The fourth-order valence-electron chi connectivity index (χ4n) is 2.45. The summed E-state index contributed by atoms with van der Waals surface area (Å²) in [5.74, 6) is 0.314. The van der Waals surface area contributed by atoms with Gasteiger partial charge in [0.25, 0.3) is 5.89 Å². The Morgan fingerprint density at radius 2 is 2.10 bits per heavy atom. The topological polar surface area (TPSA) is 71.2 Å². The average molecular weight is 277 g/mol. The van der Waals surface area contributed by atoms with E-state index in [0.29, 0.717) is 37.3 Å². The lowest BCUT2D eigenvalue weighted by atomic mass is 9.92. The molecule has 0 unspecified atom stereocenters. The van der Waals surface area contributed by atoms with Crippen molar-refractivity contribution in [1.29, 1.82) is 0 Å². The van der Waals surface area contributed by atoms with Crippen LogP contribution in [-0.2, 0) is 5.60 Å². The second-order valence-electron chi connectivity index (χ2n) is 5.16. The Morgan fingerprint density at radius 3 is 2.80 bits per heavy atom. The summed E-state index contributed by atoms with van der Waals surface area (Å²) in [7, 11) is 0. The first kappa shape index (κ1) is 13.2. The Kier molecular flexibility index (Phi) is 3.27. The van der Waals surface area contributed by atoms with Gasteiger partial charge in [-0.1, -0.05) is 5.16 Å². The number of piperidine rings is 1. The molecule has 1 saturated heterocycles. The second-order valence-corrected chi connectivity index (χ2v) is 5.16. The third-order valence-corrected chi connectivity index (χ3v) is 3.68. The molecule has 2 aromatic rings. The number of benzene rings is 1. The van der Waals surface area contributed by atoms with Crippen LogP contribution in [0.3, 0.4) is 0 Å². The maximum absolute atomic E-state index is 13.1. The molecule has 0 radical (unpaired) electrons. The summed E-state index contributed by atoms with van der Waals surface area (Å²) in [4.78, 5) is 4.29. The fourth-order valence-corrected chi connectivity index (χ4v) is 2.45. The van der Waals surface area contributed by atoms with Gasteiger partial charge in [-0.05, 0) is 56.6 Å². The second kappa shape index (κ2) is 4.96. The molecule has 2 N–H and O–H groups in total. The standard InChI is InChI=1S/C14H16FN3O2/c1-9-8-10(15)2-3-11(9)12-17-13(20-18-12)14(19)4-6-16-7-5-14/h2-3,8,16,19H,4-7H2,1H3. The van der Waals surface area contributed by atoms with Crippen LogP contribution in [0, 0.1) is 12.7 Å². The molecule has 0 aliphatic carbocycles. The minimum atomic E-state index is -1.07. The molecule has 5 nitrogen and oxygen atoms in total. The monoisotopic (exact) mass is 277 g/mol. The maximum Gasteiger partial charge on any atom is 0.259 e.